The first-order valence-electron chi connectivity index (χ1n) is 2.97. The first-order valence-corrected chi connectivity index (χ1v) is 3.51. The van der Waals surface area contributed by atoms with Gasteiger partial charge in [0.2, 0.25) is 6.69 Å². The van der Waals surface area contributed by atoms with E-state index in [9.17, 15) is 0 Å². The van der Waals surface area contributed by atoms with Crippen molar-refractivity contribution in [2.75, 3.05) is 0 Å². The van der Waals surface area contributed by atoms with E-state index < -0.39 is 0 Å². The van der Waals surface area contributed by atoms with E-state index in [1.807, 2.05) is 0 Å². The van der Waals surface area contributed by atoms with Crippen LogP contribution in [0, 0.1) is 0 Å². The minimum absolute atomic E-state index is 0.833. The standard InChI is InChI=1S/C5H12BCl/c1-2-3-4-5-6-7/h6H,2-5H2,1H3. The Kier molecular flexibility index (Phi) is 6.68. The normalized spacial score (nSPS) is 8.86. The van der Waals surface area contributed by atoms with Crippen molar-refractivity contribution >= 4 is 18.2 Å². The summed E-state index contributed by atoms with van der Waals surface area (Å²) in [6.45, 7) is 3.04. The van der Waals surface area contributed by atoms with E-state index in [-0.39, 0.29) is 0 Å². The van der Waals surface area contributed by atoms with E-state index >= 15 is 0 Å². The molecule has 0 aromatic rings. The second-order valence-electron chi connectivity index (χ2n) is 1.75. The lowest BCUT2D eigenvalue weighted by molar-refractivity contribution is 0.770. The Bertz CT molecular complexity index is 27.3. The van der Waals surface area contributed by atoms with E-state index in [4.69, 9.17) is 11.5 Å². The summed E-state index contributed by atoms with van der Waals surface area (Å²) in [5, 5.41) is 0. The maximum absolute atomic E-state index is 5.44. The van der Waals surface area contributed by atoms with E-state index in [0.29, 0.717) is 0 Å². The topological polar surface area (TPSA) is 0 Å². The average Bonchev–Trinajstić information content (AvgIpc) is 1.69. The lowest BCUT2D eigenvalue weighted by Crippen LogP contribution is -1.76. The second-order valence-corrected chi connectivity index (χ2v) is 2.13. The van der Waals surface area contributed by atoms with Crippen LogP contribution < -0.4 is 0 Å². The van der Waals surface area contributed by atoms with Gasteiger partial charge in [-0.15, -0.1) is 0 Å². The third-order valence-corrected chi connectivity index (χ3v) is 1.25. The summed E-state index contributed by atoms with van der Waals surface area (Å²) in [7, 11) is 0. The Morgan fingerprint density at radius 3 is 2.57 bits per heavy atom. The maximum Gasteiger partial charge on any atom is 0.233 e. The summed E-state index contributed by atoms with van der Waals surface area (Å²) in [5.41, 5.74) is 0. The predicted molar refractivity (Wildman–Crippen MR) is 37.3 cm³/mol. The van der Waals surface area contributed by atoms with Crippen molar-refractivity contribution in [2.45, 2.75) is 32.5 Å². The van der Waals surface area contributed by atoms with Gasteiger partial charge in [-0.3, -0.25) is 0 Å². The van der Waals surface area contributed by atoms with Gasteiger partial charge in [-0.05, 0) is 0 Å². The number of unbranched alkanes of at least 4 members (excludes halogenated alkanes) is 2. The fourth-order valence-corrected chi connectivity index (χ4v) is 0.710. The molecule has 0 nitrogen and oxygen atoms in total. The van der Waals surface area contributed by atoms with Crippen LogP contribution in [0.1, 0.15) is 26.2 Å². The molecule has 7 heavy (non-hydrogen) atoms. The van der Waals surface area contributed by atoms with Crippen molar-refractivity contribution in [3.8, 4) is 0 Å². The Morgan fingerprint density at radius 2 is 2.14 bits per heavy atom. The van der Waals surface area contributed by atoms with Gasteiger partial charge in [0.15, 0.2) is 0 Å². The highest BCUT2D eigenvalue weighted by atomic mass is 35.5. The monoisotopic (exact) mass is 118 g/mol. The van der Waals surface area contributed by atoms with Crippen LogP contribution in [0.25, 0.3) is 0 Å². The van der Waals surface area contributed by atoms with Gasteiger partial charge in [-0.25, -0.2) is 11.5 Å². The Labute approximate surface area is 51.4 Å². The molecule has 0 atom stereocenters. The summed E-state index contributed by atoms with van der Waals surface area (Å²) in [6.07, 6.45) is 5.14. The molecule has 0 fully saturated rings. The van der Waals surface area contributed by atoms with Gasteiger partial charge in [-0.1, -0.05) is 32.5 Å². The zero-order chi connectivity index (χ0) is 5.54. The maximum atomic E-state index is 5.44. The van der Waals surface area contributed by atoms with Crippen LogP contribution in [0.2, 0.25) is 6.32 Å². The van der Waals surface area contributed by atoms with E-state index in [1.54, 1.807) is 0 Å². The molecule has 2 heteroatoms. The van der Waals surface area contributed by atoms with E-state index in [1.165, 1.54) is 25.6 Å². The molecule has 0 saturated heterocycles. The predicted octanol–water partition coefficient (Wildman–Crippen LogP) is 2.19. The van der Waals surface area contributed by atoms with E-state index in [2.05, 4.69) is 6.92 Å². The van der Waals surface area contributed by atoms with Crippen LogP contribution in [0.5, 0.6) is 0 Å². The second kappa shape index (κ2) is 6.35. The van der Waals surface area contributed by atoms with Gasteiger partial charge in [0.25, 0.3) is 0 Å². The van der Waals surface area contributed by atoms with Gasteiger partial charge in [-0.2, -0.15) is 0 Å². The number of hydrogen-bond donors (Lipinski definition) is 0. The molecule has 0 spiro atoms. The fourth-order valence-electron chi connectivity index (χ4n) is 0.521. The quantitative estimate of drug-likeness (QED) is 0.392. The smallest absolute Gasteiger partial charge is 0.201 e. The van der Waals surface area contributed by atoms with Crippen molar-refractivity contribution in [3.05, 3.63) is 0 Å². The Balaban J connectivity index is 2.45. The van der Waals surface area contributed by atoms with Crippen molar-refractivity contribution in [1.29, 1.82) is 0 Å². The molecule has 0 rings (SSSR count). The van der Waals surface area contributed by atoms with Gasteiger partial charge in [0.1, 0.15) is 0 Å². The zero-order valence-corrected chi connectivity index (χ0v) is 5.67. The van der Waals surface area contributed by atoms with Crippen molar-refractivity contribution in [1.82, 2.24) is 0 Å². The molecule has 0 aromatic heterocycles. The minimum Gasteiger partial charge on any atom is -0.201 e. The van der Waals surface area contributed by atoms with Gasteiger partial charge >= 0.3 is 0 Å². The Hall–Kier alpha value is 0.355. The lowest BCUT2D eigenvalue weighted by atomic mass is 9.98. The molecular weight excluding hydrogens is 106 g/mol. The van der Waals surface area contributed by atoms with Crippen LogP contribution in [0.4, 0.5) is 0 Å². The molecule has 0 amide bonds. The van der Waals surface area contributed by atoms with Gasteiger partial charge < -0.3 is 0 Å². The molecule has 0 aliphatic heterocycles. The summed E-state index contributed by atoms with van der Waals surface area (Å²) in [4.78, 5) is 0. The van der Waals surface area contributed by atoms with Gasteiger partial charge in [0, 0.05) is 0 Å². The largest absolute Gasteiger partial charge is 0.233 e. The van der Waals surface area contributed by atoms with Crippen LogP contribution in [0.15, 0.2) is 0 Å². The summed E-state index contributed by atoms with van der Waals surface area (Å²) in [6, 6.07) is 0. The minimum atomic E-state index is 0.833. The molecule has 0 radical (unpaired) electrons. The highest BCUT2D eigenvalue weighted by Crippen LogP contribution is 1.98. The molecule has 0 unspecified atom stereocenters. The summed E-state index contributed by atoms with van der Waals surface area (Å²) in [5.74, 6) is 0. The molecule has 0 aromatic carbocycles. The molecule has 0 saturated carbocycles. The number of hydrogen-bond acceptors (Lipinski definition) is 0. The lowest BCUT2D eigenvalue weighted by Gasteiger charge is -1.88. The SMILES string of the molecule is CCCCCBCl. The molecule has 0 N–H and O–H groups in total. The first-order chi connectivity index (χ1) is 3.41. The van der Waals surface area contributed by atoms with Crippen LogP contribution in [-0.4, -0.2) is 6.69 Å². The third-order valence-electron chi connectivity index (χ3n) is 0.987. The molecule has 42 valence electrons. The Morgan fingerprint density at radius 1 is 1.43 bits per heavy atom. The first kappa shape index (κ1) is 7.35. The van der Waals surface area contributed by atoms with Crippen molar-refractivity contribution < 1.29 is 0 Å². The van der Waals surface area contributed by atoms with Crippen LogP contribution in [-0.2, 0) is 0 Å². The van der Waals surface area contributed by atoms with Crippen molar-refractivity contribution in [3.63, 3.8) is 0 Å². The highest BCUT2D eigenvalue weighted by Gasteiger charge is 1.83. The zero-order valence-electron chi connectivity index (χ0n) is 4.91. The molecule has 0 bridgehead atoms. The summed E-state index contributed by atoms with van der Waals surface area (Å²) >= 11 is 5.44. The molecule has 0 aliphatic rings. The third kappa shape index (κ3) is 6.35. The fraction of sp³-hybridized carbons (Fsp3) is 1.00. The highest BCUT2D eigenvalue weighted by molar-refractivity contribution is 6.93. The average molecular weight is 118 g/mol. The van der Waals surface area contributed by atoms with Gasteiger partial charge in [0.05, 0.1) is 0 Å². The van der Waals surface area contributed by atoms with Crippen LogP contribution in [0.3, 0.4) is 0 Å². The summed E-state index contributed by atoms with van der Waals surface area (Å²) < 4.78 is 0. The number of halogens is 1. The molecular formula is C5H12BCl. The molecule has 0 heterocycles. The van der Waals surface area contributed by atoms with E-state index in [0.717, 1.165) is 6.69 Å². The number of rotatable bonds is 4. The van der Waals surface area contributed by atoms with Crippen molar-refractivity contribution in [2.24, 2.45) is 0 Å². The molecule has 0 aliphatic carbocycles. The van der Waals surface area contributed by atoms with Crippen LogP contribution >= 0.6 is 11.5 Å².